The van der Waals surface area contributed by atoms with Gasteiger partial charge in [-0.2, -0.15) is 0 Å². The summed E-state index contributed by atoms with van der Waals surface area (Å²) in [5.41, 5.74) is 1.23. The first kappa shape index (κ1) is 14.3. The minimum absolute atomic E-state index is 0.189. The van der Waals surface area contributed by atoms with Gasteiger partial charge in [-0.25, -0.2) is 4.98 Å². The van der Waals surface area contributed by atoms with Gasteiger partial charge in [-0.3, -0.25) is 0 Å². The number of anilines is 1. The number of hydrogen-bond donors (Lipinski definition) is 2. The third-order valence-electron chi connectivity index (χ3n) is 3.74. The Morgan fingerprint density at radius 2 is 2.32 bits per heavy atom. The van der Waals surface area contributed by atoms with Crippen LogP contribution in [-0.2, 0) is 6.54 Å². The van der Waals surface area contributed by atoms with Crippen LogP contribution in [-0.4, -0.2) is 35.8 Å². The molecular weight excluding hydrogens is 238 g/mol. The Kier molecular flexibility index (Phi) is 5.61. The smallest absolute Gasteiger partial charge is 0.133 e. The average molecular weight is 263 g/mol. The van der Waals surface area contributed by atoms with E-state index in [2.05, 4.69) is 28.2 Å². The van der Waals surface area contributed by atoms with Crippen LogP contribution in [0.2, 0.25) is 0 Å². The molecule has 19 heavy (non-hydrogen) atoms. The van der Waals surface area contributed by atoms with Crippen molar-refractivity contribution in [3.63, 3.8) is 0 Å². The summed E-state index contributed by atoms with van der Waals surface area (Å²) in [6, 6.07) is 4.69. The molecule has 1 saturated carbocycles. The van der Waals surface area contributed by atoms with Gasteiger partial charge in [0.1, 0.15) is 5.82 Å². The monoisotopic (exact) mass is 263 g/mol. The Balaban J connectivity index is 2.10. The fraction of sp³-hybridized carbons (Fsp3) is 0.667. The molecule has 0 amide bonds. The van der Waals surface area contributed by atoms with E-state index in [9.17, 15) is 5.11 Å². The highest BCUT2D eigenvalue weighted by atomic mass is 16.3. The van der Waals surface area contributed by atoms with Gasteiger partial charge < -0.3 is 15.3 Å². The second kappa shape index (κ2) is 7.46. The molecule has 2 N–H and O–H groups in total. The summed E-state index contributed by atoms with van der Waals surface area (Å²) in [7, 11) is 0. The molecule has 0 bridgehead atoms. The van der Waals surface area contributed by atoms with Crippen molar-refractivity contribution in [3.8, 4) is 0 Å². The Hall–Kier alpha value is -1.13. The first-order chi connectivity index (χ1) is 9.36. The zero-order chi connectivity index (χ0) is 13.5. The van der Waals surface area contributed by atoms with Crippen LogP contribution in [0.25, 0.3) is 0 Å². The molecule has 1 aliphatic rings. The summed E-state index contributed by atoms with van der Waals surface area (Å²) in [6.45, 7) is 4.92. The fourth-order valence-electron chi connectivity index (χ4n) is 2.49. The molecule has 0 aliphatic heterocycles. The molecule has 1 aromatic heterocycles. The highest BCUT2D eigenvalue weighted by Gasteiger charge is 2.26. The van der Waals surface area contributed by atoms with Gasteiger partial charge in [-0.05, 0) is 38.3 Å². The van der Waals surface area contributed by atoms with E-state index in [1.54, 1.807) is 0 Å². The summed E-state index contributed by atoms with van der Waals surface area (Å²) in [5.74, 6) is 1.05. The molecule has 4 heteroatoms. The zero-order valence-electron chi connectivity index (χ0n) is 11.8. The van der Waals surface area contributed by atoms with Gasteiger partial charge in [0.25, 0.3) is 0 Å². The van der Waals surface area contributed by atoms with Gasteiger partial charge in [0.05, 0.1) is 6.61 Å². The van der Waals surface area contributed by atoms with E-state index in [1.807, 2.05) is 12.3 Å². The highest BCUT2D eigenvalue weighted by Crippen LogP contribution is 2.29. The maximum absolute atomic E-state index is 9.29. The third-order valence-corrected chi connectivity index (χ3v) is 3.74. The van der Waals surface area contributed by atoms with Crippen molar-refractivity contribution < 1.29 is 5.11 Å². The lowest BCUT2D eigenvalue weighted by atomic mass is 9.91. The Labute approximate surface area is 115 Å². The van der Waals surface area contributed by atoms with Crippen LogP contribution >= 0.6 is 0 Å². The van der Waals surface area contributed by atoms with Crippen molar-refractivity contribution in [2.75, 3.05) is 24.6 Å². The van der Waals surface area contributed by atoms with E-state index in [-0.39, 0.29) is 6.61 Å². The van der Waals surface area contributed by atoms with Crippen LogP contribution in [0.3, 0.4) is 0 Å². The van der Waals surface area contributed by atoms with E-state index in [0.717, 1.165) is 25.3 Å². The van der Waals surface area contributed by atoms with Gasteiger partial charge in [-0.15, -0.1) is 0 Å². The summed E-state index contributed by atoms with van der Waals surface area (Å²) in [6.07, 6.45) is 6.72. The van der Waals surface area contributed by atoms with Crippen LogP contribution in [0.15, 0.2) is 18.3 Å². The number of nitrogens with one attached hydrogen (secondary N) is 1. The average Bonchev–Trinajstić information content (AvgIpc) is 2.37. The molecule has 1 aromatic rings. The van der Waals surface area contributed by atoms with E-state index < -0.39 is 0 Å². The standard InChI is InChI=1S/C15H25N3O/c1-2-8-16-12-13-5-4-9-17-15(13)18(10-11-19)14-6-3-7-14/h4-5,9,14,16,19H,2-3,6-8,10-12H2,1H3. The summed E-state index contributed by atoms with van der Waals surface area (Å²) in [5, 5.41) is 12.7. The second-order valence-electron chi connectivity index (χ2n) is 5.16. The van der Waals surface area contributed by atoms with Crippen molar-refractivity contribution >= 4 is 5.82 Å². The van der Waals surface area contributed by atoms with E-state index in [0.29, 0.717) is 12.6 Å². The van der Waals surface area contributed by atoms with Gasteiger partial charge in [0, 0.05) is 30.9 Å². The van der Waals surface area contributed by atoms with Gasteiger partial charge >= 0.3 is 0 Å². The summed E-state index contributed by atoms with van der Waals surface area (Å²) < 4.78 is 0. The number of aliphatic hydroxyl groups is 1. The van der Waals surface area contributed by atoms with Crippen LogP contribution in [0.1, 0.15) is 38.2 Å². The molecule has 0 saturated heterocycles. The maximum Gasteiger partial charge on any atom is 0.133 e. The Bertz CT molecular complexity index is 379. The SMILES string of the molecule is CCCNCc1cccnc1N(CCO)C1CCC1. The van der Waals surface area contributed by atoms with Crippen LogP contribution in [0, 0.1) is 0 Å². The van der Waals surface area contributed by atoms with Crippen molar-refractivity contribution in [2.24, 2.45) is 0 Å². The number of rotatable bonds is 8. The number of hydrogen-bond acceptors (Lipinski definition) is 4. The molecular formula is C15H25N3O. The quantitative estimate of drug-likeness (QED) is 0.704. The molecule has 0 radical (unpaired) electrons. The minimum atomic E-state index is 0.189. The molecule has 1 heterocycles. The molecule has 1 fully saturated rings. The Morgan fingerprint density at radius 3 is 2.95 bits per heavy atom. The van der Waals surface area contributed by atoms with Gasteiger partial charge in [-0.1, -0.05) is 13.0 Å². The van der Waals surface area contributed by atoms with Crippen LogP contribution < -0.4 is 10.2 Å². The molecule has 4 nitrogen and oxygen atoms in total. The molecule has 1 aliphatic carbocycles. The second-order valence-corrected chi connectivity index (χ2v) is 5.16. The predicted octanol–water partition coefficient (Wildman–Crippen LogP) is 1.93. The van der Waals surface area contributed by atoms with E-state index >= 15 is 0 Å². The third kappa shape index (κ3) is 3.67. The number of nitrogens with zero attached hydrogens (tertiary/aromatic N) is 2. The van der Waals surface area contributed by atoms with Crippen molar-refractivity contribution in [1.29, 1.82) is 0 Å². The van der Waals surface area contributed by atoms with Crippen LogP contribution in [0.4, 0.5) is 5.82 Å². The molecule has 0 aromatic carbocycles. The van der Waals surface area contributed by atoms with E-state index in [1.165, 1.54) is 24.8 Å². The number of aromatic nitrogens is 1. The normalized spacial score (nSPS) is 15.3. The fourth-order valence-corrected chi connectivity index (χ4v) is 2.49. The minimum Gasteiger partial charge on any atom is -0.395 e. The summed E-state index contributed by atoms with van der Waals surface area (Å²) >= 11 is 0. The molecule has 0 spiro atoms. The summed E-state index contributed by atoms with van der Waals surface area (Å²) in [4.78, 5) is 6.84. The van der Waals surface area contributed by atoms with Gasteiger partial charge in [0.2, 0.25) is 0 Å². The molecule has 2 rings (SSSR count). The molecule has 0 atom stereocenters. The van der Waals surface area contributed by atoms with Crippen molar-refractivity contribution in [2.45, 2.75) is 45.2 Å². The first-order valence-corrected chi connectivity index (χ1v) is 7.39. The lowest BCUT2D eigenvalue weighted by molar-refractivity contribution is 0.282. The van der Waals surface area contributed by atoms with Crippen molar-refractivity contribution in [1.82, 2.24) is 10.3 Å². The number of aliphatic hydroxyl groups excluding tert-OH is 1. The number of pyridine rings is 1. The predicted molar refractivity (Wildman–Crippen MR) is 78.3 cm³/mol. The van der Waals surface area contributed by atoms with Crippen molar-refractivity contribution in [3.05, 3.63) is 23.9 Å². The lowest BCUT2D eigenvalue weighted by Gasteiger charge is -2.39. The topological polar surface area (TPSA) is 48.4 Å². The first-order valence-electron chi connectivity index (χ1n) is 7.39. The zero-order valence-corrected chi connectivity index (χ0v) is 11.8. The van der Waals surface area contributed by atoms with Crippen LogP contribution in [0.5, 0.6) is 0 Å². The molecule has 0 unspecified atom stereocenters. The molecule has 106 valence electrons. The van der Waals surface area contributed by atoms with Gasteiger partial charge in [0.15, 0.2) is 0 Å². The lowest BCUT2D eigenvalue weighted by Crippen LogP contribution is -2.43. The maximum atomic E-state index is 9.29. The van der Waals surface area contributed by atoms with E-state index in [4.69, 9.17) is 0 Å². The Morgan fingerprint density at radius 1 is 1.47 bits per heavy atom. The highest BCUT2D eigenvalue weighted by molar-refractivity contribution is 5.48. The largest absolute Gasteiger partial charge is 0.395 e.